The molecule has 0 aliphatic carbocycles. The molecule has 4 heteroatoms. The van der Waals surface area contributed by atoms with E-state index in [1.54, 1.807) is 12.1 Å². The van der Waals surface area contributed by atoms with Gasteiger partial charge in [0.1, 0.15) is 0 Å². The second-order valence-corrected chi connectivity index (χ2v) is 7.38. The molecule has 0 amide bonds. The number of piperidine rings is 1. The van der Waals surface area contributed by atoms with Crippen molar-refractivity contribution in [2.24, 2.45) is 0 Å². The minimum atomic E-state index is -0.895. The number of carboxylic acid groups (broad SMARTS) is 1. The molecule has 4 rings (SSSR count). The van der Waals surface area contributed by atoms with Crippen LogP contribution in [0.3, 0.4) is 0 Å². The highest BCUT2D eigenvalue weighted by Gasteiger charge is 2.22. The number of aromatic carboxylic acids is 1. The maximum Gasteiger partial charge on any atom is 0.336 e. The molecule has 1 N–H and O–H groups in total. The Hall–Kier alpha value is -2.98. The summed E-state index contributed by atoms with van der Waals surface area (Å²) >= 11 is 0. The van der Waals surface area contributed by atoms with Gasteiger partial charge in [0.15, 0.2) is 0 Å². The molecule has 0 radical (unpaired) electrons. The molecule has 1 saturated heterocycles. The zero-order chi connectivity index (χ0) is 19.3. The Bertz CT molecular complexity index is 938. The normalized spacial score (nSPS) is 17.4. The number of rotatable bonds is 5. The second-order valence-electron chi connectivity index (χ2n) is 7.38. The van der Waals surface area contributed by atoms with E-state index in [-0.39, 0.29) is 0 Å². The van der Waals surface area contributed by atoms with Crippen molar-refractivity contribution < 1.29 is 9.90 Å². The van der Waals surface area contributed by atoms with Crippen molar-refractivity contribution in [3.05, 3.63) is 89.7 Å². The van der Waals surface area contributed by atoms with Gasteiger partial charge in [0.05, 0.1) is 5.56 Å². The van der Waals surface area contributed by atoms with Crippen LogP contribution in [0, 0.1) is 0 Å². The molecule has 0 saturated carbocycles. The van der Waals surface area contributed by atoms with E-state index in [1.807, 2.05) is 36.5 Å². The van der Waals surface area contributed by atoms with E-state index in [1.165, 1.54) is 24.1 Å². The van der Waals surface area contributed by atoms with Crippen molar-refractivity contribution in [3.63, 3.8) is 0 Å². The van der Waals surface area contributed by atoms with Gasteiger partial charge in [0, 0.05) is 30.9 Å². The van der Waals surface area contributed by atoms with Crippen LogP contribution in [0.25, 0.3) is 11.1 Å². The monoisotopic (exact) mass is 372 g/mol. The van der Waals surface area contributed by atoms with Crippen LogP contribution in [0.5, 0.6) is 0 Å². The predicted octanol–water partition coefficient (Wildman–Crippen LogP) is 4.83. The molecule has 4 nitrogen and oxygen atoms in total. The smallest absolute Gasteiger partial charge is 0.336 e. The zero-order valence-electron chi connectivity index (χ0n) is 15.8. The fourth-order valence-corrected chi connectivity index (χ4v) is 4.03. The first-order valence-electron chi connectivity index (χ1n) is 9.75. The maximum atomic E-state index is 11.5. The van der Waals surface area contributed by atoms with Crippen molar-refractivity contribution >= 4 is 5.97 Å². The third-order valence-corrected chi connectivity index (χ3v) is 5.44. The number of carboxylic acids is 1. The van der Waals surface area contributed by atoms with Crippen LogP contribution in [0.15, 0.2) is 72.9 Å². The minimum absolute atomic E-state index is 0.337. The highest BCUT2D eigenvalue weighted by Crippen LogP contribution is 2.28. The van der Waals surface area contributed by atoms with E-state index in [4.69, 9.17) is 0 Å². The fourth-order valence-electron chi connectivity index (χ4n) is 4.03. The number of hydrogen-bond acceptors (Lipinski definition) is 3. The first kappa shape index (κ1) is 18.4. The summed E-state index contributed by atoms with van der Waals surface area (Å²) in [6.45, 7) is 3.04. The lowest BCUT2D eigenvalue weighted by molar-refractivity contribution is 0.0697. The molecule has 28 heavy (non-hydrogen) atoms. The average Bonchev–Trinajstić information content (AvgIpc) is 2.75. The summed E-state index contributed by atoms with van der Waals surface area (Å²) in [6.07, 6.45) is 4.26. The average molecular weight is 372 g/mol. The number of nitrogens with zero attached hydrogens (tertiary/aromatic N) is 2. The Morgan fingerprint density at radius 3 is 2.57 bits per heavy atom. The first-order chi connectivity index (χ1) is 13.7. The van der Waals surface area contributed by atoms with E-state index < -0.39 is 5.97 Å². The molecule has 0 unspecified atom stereocenters. The van der Waals surface area contributed by atoms with E-state index in [2.05, 4.69) is 34.1 Å². The number of pyridine rings is 1. The summed E-state index contributed by atoms with van der Waals surface area (Å²) in [5.41, 5.74) is 4.47. The van der Waals surface area contributed by atoms with Gasteiger partial charge in [-0.2, -0.15) is 0 Å². The molecular weight excluding hydrogens is 348 g/mol. The molecule has 0 bridgehead atoms. The van der Waals surface area contributed by atoms with Crippen LogP contribution in [0.2, 0.25) is 0 Å². The molecule has 1 aromatic heterocycles. The summed E-state index contributed by atoms with van der Waals surface area (Å²) in [7, 11) is 0. The number of aromatic nitrogens is 1. The zero-order valence-corrected chi connectivity index (χ0v) is 15.8. The summed E-state index contributed by atoms with van der Waals surface area (Å²) < 4.78 is 0. The first-order valence-corrected chi connectivity index (χ1v) is 9.75. The summed E-state index contributed by atoms with van der Waals surface area (Å²) in [5.74, 6) is -0.398. The molecule has 2 heterocycles. The summed E-state index contributed by atoms with van der Waals surface area (Å²) in [4.78, 5) is 18.5. The van der Waals surface area contributed by atoms with Crippen molar-refractivity contribution in [1.29, 1.82) is 0 Å². The standard InChI is InChI=1S/C24H24N2O2/c27-24(28)22-8-2-1-7-21(22)19-12-10-18(11-13-19)16-26-15-5-6-20(17-26)23-9-3-4-14-25-23/h1-4,7-14,20H,5-6,15-17H2,(H,27,28)/t20-/m1/s1. The number of likely N-dealkylation sites (tertiary alicyclic amines) is 1. The molecule has 1 fully saturated rings. The van der Waals surface area contributed by atoms with Gasteiger partial charge in [0.2, 0.25) is 0 Å². The Balaban J connectivity index is 1.46. The summed E-state index contributed by atoms with van der Waals surface area (Å²) in [5, 5.41) is 9.40. The topological polar surface area (TPSA) is 53.4 Å². The van der Waals surface area contributed by atoms with Crippen molar-refractivity contribution in [3.8, 4) is 11.1 Å². The van der Waals surface area contributed by atoms with Gasteiger partial charge in [-0.05, 0) is 54.3 Å². The Morgan fingerprint density at radius 2 is 1.82 bits per heavy atom. The Labute approximate surface area is 165 Å². The SMILES string of the molecule is O=C(O)c1ccccc1-c1ccc(CN2CCC[C@@H](c3ccccn3)C2)cc1. The van der Waals surface area contributed by atoms with Gasteiger partial charge in [-0.25, -0.2) is 4.79 Å². The maximum absolute atomic E-state index is 11.5. The lowest BCUT2D eigenvalue weighted by Gasteiger charge is -2.32. The van der Waals surface area contributed by atoms with Crippen LogP contribution >= 0.6 is 0 Å². The molecule has 1 aliphatic rings. The minimum Gasteiger partial charge on any atom is -0.478 e. The van der Waals surface area contributed by atoms with Gasteiger partial charge in [-0.3, -0.25) is 9.88 Å². The van der Waals surface area contributed by atoms with Gasteiger partial charge in [-0.1, -0.05) is 48.5 Å². The number of benzene rings is 2. The van der Waals surface area contributed by atoms with Gasteiger partial charge >= 0.3 is 5.97 Å². The quantitative estimate of drug-likeness (QED) is 0.697. The highest BCUT2D eigenvalue weighted by atomic mass is 16.4. The fraction of sp³-hybridized carbons (Fsp3) is 0.250. The van der Waals surface area contributed by atoms with Crippen LogP contribution < -0.4 is 0 Å². The number of hydrogen-bond donors (Lipinski definition) is 1. The van der Waals surface area contributed by atoms with Gasteiger partial charge in [0.25, 0.3) is 0 Å². The van der Waals surface area contributed by atoms with E-state index in [0.717, 1.165) is 30.8 Å². The molecule has 0 spiro atoms. The van der Waals surface area contributed by atoms with Crippen LogP contribution in [0.4, 0.5) is 0 Å². The lowest BCUT2D eigenvalue weighted by atomic mass is 9.93. The predicted molar refractivity (Wildman–Crippen MR) is 110 cm³/mol. The largest absolute Gasteiger partial charge is 0.478 e. The lowest BCUT2D eigenvalue weighted by Crippen LogP contribution is -2.34. The highest BCUT2D eigenvalue weighted by molar-refractivity contribution is 5.95. The van der Waals surface area contributed by atoms with Gasteiger partial charge < -0.3 is 5.11 Å². The number of carbonyl (C=O) groups is 1. The van der Waals surface area contributed by atoms with Crippen molar-refractivity contribution in [1.82, 2.24) is 9.88 Å². The third-order valence-electron chi connectivity index (χ3n) is 5.44. The van der Waals surface area contributed by atoms with Crippen molar-refractivity contribution in [2.45, 2.75) is 25.3 Å². The van der Waals surface area contributed by atoms with Crippen LogP contribution in [-0.2, 0) is 6.54 Å². The van der Waals surface area contributed by atoms with Crippen LogP contribution in [0.1, 0.15) is 40.4 Å². The summed E-state index contributed by atoms with van der Waals surface area (Å²) in [6, 6.07) is 21.6. The Morgan fingerprint density at radius 1 is 1.04 bits per heavy atom. The van der Waals surface area contributed by atoms with Crippen LogP contribution in [-0.4, -0.2) is 34.0 Å². The molecule has 2 aromatic carbocycles. The van der Waals surface area contributed by atoms with Gasteiger partial charge in [-0.15, -0.1) is 0 Å². The molecule has 1 aliphatic heterocycles. The molecule has 142 valence electrons. The Kier molecular flexibility index (Phi) is 5.49. The van der Waals surface area contributed by atoms with E-state index >= 15 is 0 Å². The van der Waals surface area contributed by atoms with Crippen molar-refractivity contribution in [2.75, 3.05) is 13.1 Å². The van der Waals surface area contributed by atoms with E-state index in [0.29, 0.717) is 11.5 Å². The second kappa shape index (κ2) is 8.36. The molecular formula is C24H24N2O2. The third kappa shape index (κ3) is 4.12. The molecule has 1 atom stereocenters. The van der Waals surface area contributed by atoms with E-state index in [9.17, 15) is 9.90 Å². The molecule has 3 aromatic rings.